The average molecular weight is 478 g/mol. The molecule has 2 aromatic rings. The van der Waals surface area contributed by atoms with Crippen LogP contribution in [0.25, 0.3) is 11.3 Å². The minimum absolute atomic E-state index is 0.0420. The number of benzene rings is 1. The first-order valence-electron chi connectivity index (χ1n) is 10.9. The average Bonchev–Trinajstić information content (AvgIpc) is 2.70. The fourth-order valence-corrected chi connectivity index (χ4v) is 5.26. The van der Waals surface area contributed by atoms with Gasteiger partial charge in [-0.3, -0.25) is 4.79 Å². The van der Waals surface area contributed by atoms with E-state index in [0.29, 0.717) is 22.5 Å². The summed E-state index contributed by atoms with van der Waals surface area (Å²) < 4.78 is 45.4. The Morgan fingerprint density at radius 1 is 1.27 bits per heavy atom. The van der Waals surface area contributed by atoms with Crippen LogP contribution in [0, 0.1) is 5.82 Å². The van der Waals surface area contributed by atoms with Gasteiger partial charge in [-0.1, -0.05) is 20.8 Å². The number of ether oxygens (including phenoxy) is 1. The maximum Gasteiger partial charge on any atom is 0.308 e. The number of hydrogen-bond donors (Lipinski definition) is 1. The van der Waals surface area contributed by atoms with Gasteiger partial charge in [0, 0.05) is 30.5 Å². The summed E-state index contributed by atoms with van der Waals surface area (Å²) in [6.07, 6.45) is -0.197. The molecule has 1 aromatic heterocycles. The molecule has 8 nitrogen and oxygen atoms in total. The van der Waals surface area contributed by atoms with Crippen LogP contribution in [0.4, 0.5) is 10.3 Å². The van der Waals surface area contributed by atoms with Gasteiger partial charge in [-0.15, -0.1) is 0 Å². The zero-order chi connectivity index (χ0) is 24.2. The van der Waals surface area contributed by atoms with E-state index in [1.54, 1.807) is 6.07 Å². The topological polar surface area (TPSA) is 110 Å². The highest BCUT2D eigenvalue weighted by atomic mass is 32.2. The summed E-state index contributed by atoms with van der Waals surface area (Å²) >= 11 is 0. The molecule has 1 N–H and O–H groups in total. The normalized spacial score (nSPS) is 24.8. The van der Waals surface area contributed by atoms with Gasteiger partial charge in [0.05, 0.1) is 30.2 Å². The van der Waals surface area contributed by atoms with Crippen molar-refractivity contribution >= 4 is 21.9 Å². The Morgan fingerprint density at radius 3 is 2.58 bits per heavy atom. The predicted octanol–water partition coefficient (Wildman–Crippen LogP) is 3.07. The van der Waals surface area contributed by atoms with Gasteiger partial charge in [0.15, 0.2) is 0 Å². The van der Waals surface area contributed by atoms with Crippen LogP contribution in [0.3, 0.4) is 0 Å². The van der Waals surface area contributed by atoms with Gasteiger partial charge in [0.25, 0.3) is 0 Å². The lowest BCUT2D eigenvalue weighted by molar-refractivity contribution is -0.162. The van der Waals surface area contributed by atoms with Crippen molar-refractivity contribution in [3.8, 4) is 11.3 Å². The molecule has 0 bridgehead atoms. The van der Waals surface area contributed by atoms with Crippen LogP contribution in [-0.2, 0) is 19.6 Å². The van der Waals surface area contributed by atoms with Gasteiger partial charge in [-0.25, -0.2) is 27.1 Å². The summed E-state index contributed by atoms with van der Waals surface area (Å²) in [6.45, 7) is 5.86. The molecule has 33 heavy (non-hydrogen) atoms. The number of anilines is 1. The molecular weight excluding hydrogens is 449 g/mol. The van der Waals surface area contributed by atoms with Gasteiger partial charge in [-0.05, 0) is 35.6 Å². The van der Waals surface area contributed by atoms with Gasteiger partial charge in [-0.2, -0.15) is 0 Å². The maximum atomic E-state index is 14.4. The third kappa shape index (κ3) is 4.21. The van der Waals surface area contributed by atoms with E-state index in [-0.39, 0.29) is 30.6 Å². The van der Waals surface area contributed by atoms with Crippen LogP contribution in [-0.4, -0.2) is 55.0 Å². The first-order chi connectivity index (χ1) is 15.4. The van der Waals surface area contributed by atoms with E-state index in [1.165, 1.54) is 19.2 Å². The first-order valence-corrected chi connectivity index (χ1v) is 12.8. The SMILES string of the molecule is CC(C)c1nc(N(C)S(C)(=O)=O)nc2c1C(C)[C@@H]([C@@H]1C[C@H](O)CC(=O)O1)c1cc(F)ccc1-2. The number of sulfonamides is 1. The smallest absolute Gasteiger partial charge is 0.308 e. The van der Waals surface area contributed by atoms with E-state index in [2.05, 4.69) is 9.97 Å². The Balaban J connectivity index is 1.97. The van der Waals surface area contributed by atoms with Crippen LogP contribution in [0.1, 0.15) is 68.2 Å². The van der Waals surface area contributed by atoms with Crippen LogP contribution in [0.5, 0.6) is 0 Å². The molecule has 1 aliphatic carbocycles. The van der Waals surface area contributed by atoms with Crippen molar-refractivity contribution in [2.24, 2.45) is 0 Å². The minimum Gasteiger partial charge on any atom is -0.462 e. The molecule has 1 saturated heterocycles. The van der Waals surface area contributed by atoms with Crippen LogP contribution < -0.4 is 4.31 Å². The predicted molar refractivity (Wildman–Crippen MR) is 121 cm³/mol. The van der Waals surface area contributed by atoms with Gasteiger partial charge < -0.3 is 9.84 Å². The molecular formula is C23H28FN3O5S. The van der Waals surface area contributed by atoms with E-state index < -0.39 is 39.9 Å². The molecule has 1 aliphatic heterocycles. The Hall–Kier alpha value is -2.59. The van der Waals surface area contributed by atoms with Crippen LogP contribution >= 0.6 is 0 Å². The van der Waals surface area contributed by atoms with Gasteiger partial charge in [0.1, 0.15) is 11.9 Å². The van der Waals surface area contributed by atoms with Crippen molar-refractivity contribution in [2.45, 2.75) is 63.6 Å². The van der Waals surface area contributed by atoms with E-state index in [1.807, 2.05) is 20.8 Å². The van der Waals surface area contributed by atoms with Crippen LogP contribution in [0.2, 0.25) is 0 Å². The lowest BCUT2D eigenvalue weighted by atomic mass is 9.69. The number of carbonyl (C=O) groups is 1. The number of halogens is 1. The molecule has 1 unspecified atom stereocenters. The number of nitrogens with zero attached hydrogens (tertiary/aromatic N) is 3. The lowest BCUT2D eigenvalue weighted by Crippen LogP contribution is -2.39. The highest BCUT2D eigenvalue weighted by Gasteiger charge is 2.43. The molecule has 1 aromatic carbocycles. The minimum atomic E-state index is -3.60. The van der Waals surface area contributed by atoms with Crippen molar-refractivity contribution in [2.75, 3.05) is 17.6 Å². The van der Waals surface area contributed by atoms with Crippen molar-refractivity contribution in [1.82, 2.24) is 9.97 Å². The fourth-order valence-electron chi connectivity index (χ4n) is 4.88. The molecule has 0 spiro atoms. The summed E-state index contributed by atoms with van der Waals surface area (Å²) in [4.78, 5) is 21.3. The number of aliphatic hydroxyl groups is 1. The summed E-state index contributed by atoms with van der Waals surface area (Å²) in [5.74, 6) is -1.63. The Morgan fingerprint density at radius 2 is 1.97 bits per heavy atom. The molecule has 2 heterocycles. The lowest BCUT2D eigenvalue weighted by Gasteiger charge is -2.40. The second-order valence-corrected chi connectivity index (χ2v) is 11.2. The number of aliphatic hydroxyl groups excluding tert-OH is 1. The van der Waals surface area contributed by atoms with Crippen LogP contribution in [0.15, 0.2) is 18.2 Å². The summed E-state index contributed by atoms with van der Waals surface area (Å²) in [7, 11) is -2.21. The fraction of sp³-hybridized carbons (Fsp3) is 0.522. The first kappa shape index (κ1) is 23.6. The Kier molecular flexibility index (Phi) is 5.94. The largest absolute Gasteiger partial charge is 0.462 e. The molecule has 178 valence electrons. The van der Waals surface area contributed by atoms with E-state index >= 15 is 0 Å². The van der Waals surface area contributed by atoms with E-state index in [9.17, 15) is 22.7 Å². The summed E-state index contributed by atoms with van der Waals surface area (Å²) in [6, 6.07) is 4.35. The standard InChI is InChI=1S/C23H28FN3O5S/c1-11(2)21-20-12(3)19(17-9-14(28)10-18(29)32-17)16-8-13(24)6-7-15(16)22(20)26-23(25-21)27(4)33(5,30)31/h6-8,11-12,14,17,19,28H,9-10H2,1-5H3/t12?,14-,17-,19+/m0/s1. The molecule has 1 fully saturated rings. The zero-order valence-electron chi connectivity index (χ0n) is 19.2. The highest BCUT2D eigenvalue weighted by molar-refractivity contribution is 7.92. The van der Waals surface area contributed by atoms with Gasteiger partial charge >= 0.3 is 5.97 Å². The maximum absolute atomic E-state index is 14.4. The monoisotopic (exact) mass is 477 g/mol. The van der Waals surface area contributed by atoms with Crippen molar-refractivity contribution in [3.63, 3.8) is 0 Å². The van der Waals surface area contributed by atoms with E-state index in [4.69, 9.17) is 4.74 Å². The number of fused-ring (bicyclic) bond motifs is 3. The summed E-state index contributed by atoms with van der Waals surface area (Å²) in [5.41, 5.74) is 3.29. The highest BCUT2D eigenvalue weighted by Crippen LogP contribution is 2.51. The van der Waals surface area contributed by atoms with Crippen molar-refractivity contribution in [1.29, 1.82) is 0 Å². The molecule has 0 amide bonds. The number of cyclic esters (lactones) is 1. The molecule has 0 saturated carbocycles. The quantitative estimate of drug-likeness (QED) is 0.674. The second-order valence-electron chi connectivity index (χ2n) is 9.22. The third-order valence-electron chi connectivity index (χ3n) is 6.50. The zero-order valence-corrected chi connectivity index (χ0v) is 20.1. The number of hydrogen-bond acceptors (Lipinski definition) is 7. The summed E-state index contributed by atoms with van der Waals surface area (Å²) in [5, 5.41) is 10.2. The molecule has 2 aliphatic rings. The number of esters is 1. The van der Waals surface area contributed by atoms with Gasteiger partial charge in [0.2, 0.25) is 16.0 Å². The third-order valence-corrected chi connectivity index (χ3v) is 7.66. The Bertz CT molecular complexity index is 1220. The van der Waals surface area contributed by atoms with E-state index in [0.717, 1.165) is 16.1 Å². The van der Waals surface area contributed by atoms with Crippen molar-refractivity contribution in [3.05, 3.63) is 40.8 Å². The molecule has 10 heteroatoms. The number of aromatic nitrogens is 2. The molecule has 0 radical (unpaired) electrons. The Labute approximate surface area is 192 Å². The molecule has 4 atom stereocenters. The second kappa shape index (κ2) is 8.32. The molecule has 4 rings (SSSR count). The van der Waals surface area contributed by atoms with Crippen molar-refractivity contribution < 1.29 is 27.4 Å². The number of carbonyl (C=O) groups excluding carboxylic acids is 1. The number of rotatable bonds is 4.